The maximum Gasteiger partial charge on any atom is 0.0223 e. The molecule has 1 N–H and O–H groups in total. The van der Waals surface area contributed by atoms with Gasteiger partial charge in [-0.15, -0.1) is 0 Å². The zero-order chi connectivity index (χ0) is 12.3. The molecule has 1 heterocycles. The van der Waals surface area contributed by atoms with Gasteiger partial charge in [-0.2, -0.15) is 0 Å². The third-order valence-electron chi connectivity index (χ3n) is 4.72. The van der Waals surface area contributed by atoms with Crippen LogP contribution in [0.5, 0.6) is 0 Å². The second-order valence-corrected chi connectivity index (χ2v) is 6.40. The molecule has 1 saturated carbocycles. The highest BCUT2D eigenvalue weighted by Crippen LogP contribution is 2.33. The summed E-state index contributed by atoms with van der Waals surface area (Å²) in [5.74, 6) is 2.79. The minimum absolute atomic E-state index is 0.774. The molecular formula is C15H30N2. The molecule has 2 fully saturated rings. The second kappa shape index (κ2) is 6.19. The first-order chi connectivity index (χ1) is 8.20. The summed E-state index contributed by atoms with van der Waals surface area (Å²) >= 11 is 0. The Labute approximate surface area is 107 Å². The van der Waals surface area contributed by atoms with Crippen LogP contribution in [-0.2, 0) is 0 Å². The van der Waals surface area contributed by atoms with Gasteiger partial charge in [-0.3, -0.25) is 0 Å². The Morgan fingerprint density at radius 1 is 1.18 bits per heavy atom. The van der Waals surface area contributed by atoms with E-state index in [2.05, 4.69) is 31.0 Å². The average Bonchev–Trinajstić information content (AvgIpc) is 3.13. The molecule has 0 spiro atoms. The quantitative estimate of drug-likeness (QED) is 0.765. The van der Waals surface area contributed by atoms with Crippen LogP contribution in [0.15, 0.2) is 0 Å². The second-order valence-electron chi connectivity index (χ2n) is 6.40. The van der Waals surface area contributed by atoms with Crippen molar-refractivity contribution < 1.29 is 0 Å². The number of nitrogens with zero attached hydrogens (tertiary/aromatic N) is 1. The first-order valence-electron chi connectivity index (χ1n) is 7.66. The summed E-state index contributed by atoms with van der Waals surface area (Å²) in [7, 11) is 0. The molecular weight excluding hydrogens is 208 g/mol. The molecule has 3 atom stereocenters. The van der Waals surface area contributed by atoms with Crippen LogP contribution in [0.3, 0.4) is 0 Å². The molecule has 17 heavy (non-hydrogen) atoms. The van der Waals surface area contributed by atoms with E-state index < -0.39 is 0 Å². The fourth-order valence-electron chi connectivity index (χ4n) is 3.00. The molecule has 2 rings (SSSR count). The molecule has 0 aromatic carbocycles. The Bertz CT molecular complexity index is 225. The van der Waals surface area contributed by atoms with Gasteiger partial charge in [0.05, 0.1) is 0 Å². The maximum atomic E-state index is 3.76. The maximum absolute atomic E-state index is 3.76. The highest BCUT2D eigenvalue weighted by molar-refractivity contribution is 4.89. The molecule has 2 heteroatoms. The topological polar surface area (TPSA) is 15.3 Å². The predicted molar refractivity (Wildman–Crippen MR) is 74.2 cm³/mol. The van der Waals surface area contributed by atoms with Gasteiger partial charge in [0.1, 0.15) is 0 Å². The van der Waals surface area contributed by atoms with E-state index >= 15 is 0 Å². The Hall–Kier alpha value is -0.0800. The summed E-state index contributed by atoms with van der Waals surface area (Å²) in [5.41, 5.74) is 0. The Morgan fingerprint density at radius 3 is 2.53 bits per heavy atom. The Morgan fingerprint density at radius 2 is 1.94 bits per heavy atom. The molecule has 2 nitrogen and oxygen atoms in total. The van der Waals surface area contributed by atoms with Crippen molar-refractivity contribution in [1.29, 1.82) is 0 Å². The molecule has 1 saturated heterocycles. The number of rotatable bonds is 6. The van der Waals surface area contributed by atoms with Crippen LogP contribution in [0.1, 0.15) is 46.5 Å². The molecule has 0 amide bonds. The molecule has 0 bridgehead atoms. The SMILES string of the molecule is CCCNC(CN1CCC(C)C(C)C1)C1CC1. The highest BCUT2D eigenvalue weighted by atomic mass is 15.2. The zero-order valence-electron chi connectivity index (χ0n) is 11.9. The van der Waals surface area contributed by atoms with Crippen LogP contribution < -0.4 is 5.32 Å². The fraction of sp³-hybridized carbons (Fsp3) is 1.00. The number of hydrogen-bond donors (Lipinski definition) is 1. The Balaban J connectivity index is 1.77. The van der Waals surface area contributed by atoms with Crippen LogP contribution >= 0.6 is 0 Å². The third-order valence-corrected chi connectivity index (χ3v) is 4.72. The molecule has 0 radical (unpaired) electrons. The van der Waals surface area contributed by atoms with Crippen LogP contribution in [0.4, 0.5) is 0 Å². The number of piperidine rings is 1. The fourth-order valence-corrected chi connectivity index (χ4v) is 3.00. The summed E-state index contributed by atoms with van der Waals surface area (Å²) in [6.45, 7) is 12.2. The van der Waals surface area contributed by atoms with E-state index in [1.54, 1.807) is 0 Å². The van der Waals surface area contributed by atoms with Gasteiger partial charge in [-0.1, -0.05) is 20.8 Å². The van der Waals surface area contributed by atoms with Crippen molar-refractivity contribution >= 4 is 0 Å². The predicted octanol–water partition coefficient (Wildman–Crippen LogP) is 2.74. The van der Waals surface area contributed by atoms with E-state index in [0.717, 1.165) is 23.8 Å². The summed E-state index contributed by atoms with van der Waals surface area (Å²) in [4.78, 5) is 2.70. The monoisotopic (exact) mass is 238 g/mol. The van der Waals surface area contributed by atoms with Gasteiger partial charge in [0.15, 0.2) is 0 Å². The molecule has 1 aliphatic heterocycles. The molecule has 0 aromatic rings. The summed E-state index contributed by atoms with van der Waals surface area (Å²) in [5, 5.41) is 3.76. The van der Waals surface area contributed by atoms with E-state index in [4.69, 9.17) is 0 Å². The Kier molecular flexibility index (Phi) is 4.87. The van der Waals surface area contributed by atoms with Crippen LogP contribution in [0.25, 0.3) is 0 Å². The van der Waals surface area contributed by atoms with E-state index in [-0.39, 0.29) is 0 Å². The van der Waals surface area contributed by atoms with Crippen molar-refractivity contribution in [2.75, 3.05) is 26.2 Å². The minimum Gasteiger partial charge on any atom is -0.312 e. The smallest absolute Gasteiger partial charge is 0.0223 e. The minimum atomic E-state index is 0.774. The summed E-state index contributed by atoms with van der Waals surface area (Å²) in [6.07, 6.45) is 5.57. The highest BCUT2D eigenvalue weighted by Gasteiger charge is 2.33. The van der Waals surface area contributed by atoms with Crippen LogP contribution in [0.2, 0.25) is 0 Å². The lowest BCUT2D eigenvalue weighted by atomic mass is 9.88. The largest absolute Gasteiger partial charge is 0.312 e. The lowest BCUT2D eigenvalue weighted by Crippen LogP contribution is -2.47. The number of nitrogens with one attached hydrogen (secondary N) is 1. The van der Waals surface area contributed by atoms with Crippen molar-refractivity contribution in [3.63, 3.8) is 0 Å². The van der Waals surface area contributed by atoms with Gasteiger partial charge in [-0.05, 0) is 56.5 Å². The van der Waals surface area contributed by atoms with Crippen molar-refractivity contribution in [3.8, 4) is 0 Å². The van der Waals surface area contributed by atoms with Gasteiger partial charge in [-0.25, -0.2) is 0 Å². The van der Waals surface area contributed by atoms with Crippen molar-refractivity contribution in [1.82, 2.24) is 10.2 Å². The number of likely N-dealkylation sites (tertiary alicyclic amines) is 1. The molecule has 0 aromatic heterocycles. The van der Waals surface area contributed by atoms with E-state index in [9.17, 15) is 0 Å². The molecule has 2 aliphatic rings. The first-order valence-corrected chi connectivity index (χ1v) is 7.66. The van der Waals surface area contributed by atoms with E-state index in [1.807, 2.05) is 0 Å². The summed E-state index contributed by atoms with van der Waals surface area (Å²) < 4.78 is 0. The lowest BCUT2D eigenvalue weighted by molar-refractivity contribution is 0.123. The van der Waals surface area contributed by atoms with Crippen molar-refractivity contribution in [3.05, 3.63) is 0 Å². The first kappa shape index (κ1) is 13.4. The van der Waals surface area contributed by atoms with Gasteiger partial charge < -0.3 is 10.2 Å². The normalized spacial score (nSPS) is 32.6. The lowest BCUT2D eigenvalue weighted by Gasteiger charge is -2.37. The van der Waals surface area contributed by atoms with Crippen molar-refractivity contribution in [2.45, 2.75) is 52.5 Å². The third kappa shape index (κ3) is 3.96. The zero-order valence-corrected chi connectivity index (χ0v) is 11.9. The van der Waals surface area contributed by atoms with Gasteiger partial charge in [0.2, 0.25) is 0 Å². The van der Waals surface area contributed by atoms with Gasteiger partial charge >= 0.3 is 0 Å². The standard InChI is InChI=1S/C15H30N2/c1-4-8-16-15(14-5-6-14)11-17-9-7-12(2)13(3)10-17/h12-16H,4-11H2,1-3H3. The average molecular weight is 238 g/mol. The molecule has 3 unspecified atom stereocenters. The molecule has 100 valence electrons. The van der Waals surface area contributed by atoms with Gasteiger partial charge in [0, 0.05) is 19.1 Å². The van der Waals surface area contributed by atoms with E-state index in [0.29, 0.717) is 0 Å². The van der Waals surface area contributed by atoms with Gasteiger partial charge in [0.25, 0.3) is 0 Å². The van der Waals surface area contributed by atoms with Crippen molar-refractivity contribution in [2.24, 2.45) is 17.8 Å². The van der Waals surface area contributed by atoms with E-state index in [1.165, 1.54) is 51.9 Å². The molecule has 1 aliphatic carbocycles. The number of hydrogen-bond acceptors (Lipinski definition) is 2. The van der Waals surface area contributed by atoms with Crippen LogP contribution in [0, 0.1) is 17.8 Å². The van der Waals surface area contributed by atoms with Crippen LogP contribution in [-0.4, -0.2) is 37.1 Å². The summed E-state index contributed by atoms with van der Waals surface area (Å²) in [6, 6.07) is 0.774.